The van der Waals surface area contributed by atoms with Crippen LogP contribution in [-0.4, -0.2) is 21.8 Å². The highest BCUT2D eigenvalue weighted by atomic mass is 16.6. The van der Waals surface area contributed by atoms with Crippen molar-refractivity contribution in [2.75, 3.05) is 0 Å². The average molecular weight is 237 g/mol. The molecule has 0 amide bonds. The Balaban J connectivity index is 3.10. The van der Waals surface area contributed by atoms with Crippen molar-refractivity contribution in [3.63, 3.8) is 0 Å². The Labute approximate surface area is 97.0 Å². The number of ketones is 1. The van der Waals surface area contributed by atoms with E-state index in [1.807, 2.05) is 0 Å². The van der Waals surface area contributed by atoms with Gasteiger partial charge in [0.1, 0.15) is 5.78 Å². The van der Waals surface area contributed by atoms with E-state index >= 15 is 0 Å². The Kier molecular flexibility index (Phi) is 3.92. The molecule has 0 saturated heterocycles. The lowest BCUT2D eigenvalue weighted by molar-refractivity contribution is -0.384. The molecule has 1 N–H and O–H groups in total. The van der Waals surface area contributed by atoms with Gasteiger partial charge in [-0.25, -0.2) is 0 Å². The van der Waals surface area contributed by atoms with Crippen molar-refractivity contribution in [2.24, 2.45) is 0 Å². The molecule has 0 radical (unpaired) electrons. The number of carbonyl (C=O) groups excluding carboxylic acids is 1. The van der Waals surface area contributed by atoms with Gasteiger partial charge < -0.3 is 5.11 Å². The van der Waals surface area contributed by atoms with Crippen molar-refractivity contribution in [3.8, 4) is 0 Å². The van der Waals surface area contributed by atoms with E-state index in [1.165, 1.54) is 31.2 Å². The molecule has 6 heteroatoms. The summed E-state index contributed by atoms with van der Waals surface area (Å²) in [7, 11) is 0. The third-order valence-electron chi connectivity index (χ3n) is 2.35. The Morgan fingerprint density at radius 2 is 2.12 bits per heavy atom. The van der Waals surface area contributed by atoms with Gasteiger partial charge >= 0.3 is 5.97 Å². The van der Waals surface area contributed by atoms with Crippen LogP contribution in [0.1, 0.15) is 24.8 Å². The summed E-state index contributed by atoms with van der Waals surface area (Å²) in [5, 5.41) is 19.3. The number of carbonyl (C=O) groups is 2. The summed E-state index contributed by atoms with van der Waals surface area (Å²) < 4.78 is 0. The van der Waals surface area contributed by atoms with Crippen LogP contribution in [-0.2, 0) is 9.59 Å². The number of hydrogen-bond donors (Lipinski definition) is 1. The summed E-state index contributed by atoms with van der Waals surface area (Å²) in [4.78, 5) is 31.9. The molecule has 1 aromatic carbocycles. The number of nitro groups is 1. The fourth-order valence-electron chi connectivity index (χ4n) is 1.53. The summed E-state index contributed by atoms with van der Waals surface area (Å²) in [6.45, 7) is 1.27. The zero-order chi connectivity index (χ0) is 13.0. The summed E-state index contributed by atoms with van der Waals surface area (Å²) in [5.74, 6) is -2.28. The molecule has 1 rings (SSSR count). The molecule has 1 atom stereocenters. The molecule has 0 aliphatic carbocycles. The van der Waals surface area contributed by atoms with Crippen LogP contribution in [0.3, 0.4) is 0 Å². The van der Waals surface area contributed by atoms with Gasteiger partial charge in [-0.15, -0.1) is 0 Å². The van der Waals surface area contributed by atoms with Gasteiger partial charge in [-0.1, -0.05) is 12.1 Å². The molecule has 0 fully saturated rings. The number of Topliss-reactive ketones (excluding diaryl/α,β-unsaturated/α-hetero) is 1. The van der Waals surface area contributed by atoms with Crippen molar-refractivity contribution in [1.29, 1.82) is 0 Å². The van der Waals surface area contributed by atoms with Gasteiger partial charge in [-0.05, 0) is 12.5 Å². The number of non-ortho nitro benzene ring substituents is 1. The Bertz CT molecular complexity index is 469. The number of rotatable bonds is 5. The molecule has 0 aromatic heterocycles. The number of carboxylic acids is 1. The van der Waals surface area contributed by atoms with E-state index in [-0.39, 0.29) is 17.9 Å². The fourth-order valence-corrected chi connectivity index (χ4v) is 1.53. The highest BCUT2D eigenvalue weighted by Crippen LogP contribution is 2.24. The number of nitro benzene ring substituents is 1. The van der Waals surface area contributed by atoms with Crippen LogP contribution >= 0.6 is 0 Å². The number of benzene rings is 1. The third kappa shape index (κ3) is 3.37. The first kappa shape index (κ1) is 12.8. The zero-order valence-corrected chi connectivity index (χ0v) is 9.12. The molecule has 0 spiro atoms. The normalized spacial score (nSPS) is 11.8. The molecule has 90 valence electrons. The lowest BCUT2D eigenvalue weighted by Crippen LogP contribution is -2.13. The van der Waals surface area contributed by atoms with Gasteiger partial charge in [-0.3, -0.25) is 19.7 Å². The standard InChI is InChI=1S/C11H11NO5/c1-7(13)10(6-11(14)15)8-3-2-4-9(5-8)12(16)17/h2-5,10H,6H2,1H3,(H,14,15). The first-order valence-electron chi connectivity index (χ1n) is 4.88. The van der Waals surface area contributed by atoms with Crippen LogP contribution in [0.4, 0.5) is 5.69 Å². The molecular formula is C11H11NO5. The summed E-state index contributed by atoms with van der Waals surface area (Å²) in [5.41, 5.74) is 0.202. The first-order chi connectivity index (χ1) is 7.91. The molecule has 1 unspecified atom stereocenters. The average Bonchev–Trinajstić information content (AvgIpc) is 2.25. The van der Waals surface area contributed by atoms with Crippen molar-refractivity contribution >= 4 is 17.4 Å². The number of carboxylic acid groups (broad SMARTS) is 1. The number of hydrogen-bond acceptors (Lipinski definition) is 4. The van der Waals surface area contributed by atoms with Gasteiger partial charge in [0.05, 0.1) is 17.3 Å². The van der Waals surface area contributed by atoms with Crippen molar-refractivity contribution < 1.29 is 19.6 Å². The minimum absolute atomic E-state index is 0.154. The lowest BCUT2D eigenvalue weighted by atomic mass is 9.92. The number of nitrogens with zero attached hydrogens (tertiary/aromatic N) is 1. The highest BCUT2D eigenvalue weighted by Gasteiger charge is 2.21. The fraction of sp³-hybridized carbons (Fsp3) is 0.273. The predicted octanol–water partition coefficient (Wildman–Crippen LogP) is 1.74. The molecule has 0 heterocycles. The Hall–Kier alpha value is -2.24. The maximum Gasteiger partial charge on any atom is 0.304 e. The topological polar surface area (TPSA) is 97.5 Å². The summed E-state index contributed by atoms with van der Waals surface area (Å²) >= 11 is 0. The van der Waals surface area contributed by atoms with Gasteiger partial charge in [0.2, 0.25) is 0 Å². The first-order valence-corrected chi connectivity index (χ1v) is 4.88. The molecular weight excluding hydrogens is 226 g/mol. The third-order valence-corrected chi connectivity index (χ3v) is 2.35. The van der Waals surface area contributed by atoms with E-state index in [0.29, 0.717) is 5.56 Å². The van der Waals surface area contributed by atoms with E-state index in [1.54, 1.807) is 0 Å². The van der Waals surface area contributed by atoms with E-state index in [0.717, 1.165) is 0 Å². The maximum absolute atomic E-state index is 11.3. The minimum atomic E-state index is -1.11. The molecule has 0 saturated carbocycles. The van der Waals surface area contributed by atoms with Gasteiger partial charge in [0.25, 0.3) is 5.69 Å². The SMILES string of the molecule is CC(=O)C(CC(=O)O)c1cccc([N+](=O)[O-])c1. The molecule has 0 aliphatic heterocycles. The second kappa shape index (κ2) is 5.20. The lowest BCUT2D eigenvalue weighted by Gasteiger charge is -2.11. The Morgan fingerprint density at radius 1 is 1.47 bits per heavy atom. The van der Waals surface area contributed by atoms with Crippen molar-refractivity contribution in [3.05, 3.63) is 39.9 Å². The molecule has 17 heavy (non-hydrogen) atoms. The smallest absolute Gasteiger partial charge is 0.304 e. The van der Waals surface area contributed by atoms with Gasteiger partial charge in [-0.2, -0.15) is 0 Å². The second-order valence-corrected chi connectivity index (χ2v) is 3.61. The van der Waals surface area contributed by atoms with Crippen LogP contribution in [0.5, 0.6) is 0 Å². The number of aliphatic carboxylic acids is 1. The minimum Gasteiger partial charge on any atom is -0.481 e. The molecule has 0 aliphatic rings. The monoisotopic (exact) mass is 237 g/mol. The van der Waals surface area contributed by atoms with Crippen LogP contribution in [0, 0.1) is 10.1 Å². The van der Waals surface area contributed by atoms with E-state index in [9.17, 15) is 19.7 Å². The van der Waals surface area contributed by atoms with Gasteiger partial charge in [0, 0.05) is 12.1 Å². The highest BCUT2D eigenvalue weighted by molar-refractivity contribution is 5.87. The second-order valence-electron chi connectivity index (χ2n) is 3.61. The van der Waals surface area contributed by atoms with Crippen molar-refractivity contribution in [2.45, 2.75) is 19.3 Å². The van der Waals surface area contributed by atoms with Crippen LogP contribution < -0.4 is 0 Å². The van der Waals surface area contributed by atoms with E-state index in [4.69, 9.17) is 5.11 Å². The van der Waals surface area contributed by atoms with Gasteiger partial charge in [0.15, 0.2) is 0 Å². The molecule has 6 nitrogen and oxygen atoms in total. The van der Waals surface area contributed by atoms with E-state index < -0.39 is 16.8 Å². The van der Waals surface area contributed by atoms with Crippen LogP contribution in [0.25, 0.3) is 0 Å². The summed E-state index contributed by atoms with van der Waals surface area (Å²) in [6, 6.07) is 5.48. The van der Waals surface area contributed by atoms with Crippen molar-refractivity contribution in [1.82, 2.24) is 0 Å². The Morgan fingerprint density at radius 3 is 2.59 bits per heavy atom. The molecule has 1 aromatic rings. The predicted molar refractivity (Wildman–Crippen MR) is 58.8 cm³/mol. The quantitative estimate of drug-likeness (QED) is 0.621. The summed E-state index contributed by atoms with van der Waals surface area (Å²) in [6.07, 6.45) is -0.365. The largest absolute Gasteiger partial charge is 0.481 e. The maximum atomic E-state index is 11.3. The van der Waals surface area contributed by atoms with Crippen LogP contribution in [0.15, 0.2) is 24.3 Å². The molecule has 0 bridgehead atoms. The van der Waals surface area contributed by atoms with Crippen LogP contribution in [0.2, 0.25) is 0 Å². The zero-order valence-electron chi connectivity index (χ0n) is 9.12. The van der Waals surface area contributed by atoms with E-state index in [2.05, 4.69) is 0 Å².